The minimum absolute atomic E-state index is 0.577. The molecular weight excluding hydrogens is 256 g/mol. The molecule has 104 valence electrons. The van der Waals surface area contributed by atoms with E-state index in [4.69, 9.17) is 16.3 Å². The zero-order chi connectivity index (χ0) is 13.8. The van der Waals surface area contributed by atoms with Crippen molar-refractivity contribution in [3.63, 3.8) is 0 Å². The first kappa shape index (κ1) is 15.9. The van der Waals surface area contributed by atoms with Gasteiger partial charge in [-0.25, -0.2) is 0 Å². The maximum Gasteiger partial charge on any atom is 0.134 e. The molecule has 0 unspecified atom stereocenters. The predicted octanol–water partition coefficient (Wildman–Crippen LogP) is 5.02. The summed E-state index contributed by atoms with van der Waals surface area (Å²) in [6, 6.07) is 7.95. The van der Waals surface area contributed by atoms with Gasteiger partial charge in [-0.15, -0.1) is 11.6 Å². The third kappa shape index (κ3) is 7.13. The summed E-state index contributed by atoms with van der Waals surface area (Å²) in [6.45, 7) is 3.00. The highest BCUT2D eigenvalue weighted by Gasteiger charge is 1.99. The van der Waals surface area contributed by atoms with E-state index in [9.17, 15) is 0 Å². The Bertz CT molecular complexity index is 403. The summed E-state index contributed by atoms with van der Waals surface area (Å²) in [5.41, 5.74) is 0.959. The first-order chi connectivity index (χ1) is 9.38. The van der Waals surface area contributed by atoms with Gasteiger partial charge in [0.25, 0.3) is 0 Å². The Balaban J connectivity index is 2.38. The van der Waals surface area contributed by atoms with Gasteiger partial charge in [0.05, 0.1) is 12.2 Å². The van der Waals surface area contributed by atoms with Gasteiger partial charge >= 0.3 is 0 Å². The summed E-state index contributed by atoms with van der Waals surface area (Å²) in [6.07, 6.45) is 6.97. The monoisotopic (exact) mass is 278 g/mol. The number of para-hydroxylation sites is 1. The van der Waals surface area contributed by atoms with Crippen LogP contribution in [0.2, 0.25) is 0 Å². The highest BCUT2D eigenvalue weighted by Crippen LogP contribution is 2.17. The van der Waals surface area contributed by atoms with Crippen LogP contribution in [0.3, 0.4) is 0 Å². The average Bonchev–Trinajstić information content (AvgIpc) is 2.44. The van der Waals surface area contributed by atoms with Gasteiger partial charge in [0.2, 0.25) is 0 Å². The minimum Gasteiger partial charge on any atom is -0.492 e. The molecule has 0 heterocycles. The molecule has 0 aliphatic heterocycles. The molecule has 0 atom stereocenters. The molecule has 0 fully saturated rings. The van der Waals surface area contributed by atoms with E-state index in [1.807, 2.05) is 24.3 Å². The molecule has 0 saturated heterocycles. The van der Waals surface area contributed by atoms with Crippen molar-refractivity contribution in [2.24, 2.45) is 0 Å². The fourth-order valence-electron chi connectivity index (χ4n) is 1.79. The van der Waals surface area contributed by atoms with Crippen molar-refractivity contribution in [1.82, 2.24) is 0 Å². The molecule has 1 rings (SSSR count). The van der Waals surface area contributed by atoms with Crippen LogP contribution in [0.1, 0.15) is 51.0 Å². The van der Waals surface area contributed by atoms with Gasteiger partial charge in [-0.3, -0.25) is 0 Å². The smallest absolute Gasteiger partial charge is 0.134 e. The highest BCUT2D eigenvalue weighted by molar-refractivity contribution is 6.18. The summed E-state index contributed by atoms with van der Waals surface area (Å²) in [5, 5.41) is 0. The number of halogens is 1. The Labute approximate surface area is 122 Å². The van der Waals surface area contributed by atoms with Crippen LogP contribution in [0.4, 0.5) is 0 Å². The van der Waals surface area contributed by atoms with Gasteiger partial charge in [0.15, 0.2) is 0 Å². The Morgan fingerprint density at radius 2 is 1.89 bits per heavy atom. The van der Waals surface area contributed by atoms with E-state index < -0.39 is 0 Å². The number of rotatable bonds is 8. The molecule has 19 heavy (non-hydrogen) atoms. The number of unbranched alkanes of at least 4 members (excludes halogenated alkanes) is 4. The Morgan fingerprint density at radius 3 is 2.68 bits per heavy atom. The van der Waals surface area contributed by atoms with E-state index >= 15 is 0 Å². The quantitative estimate of drug-likeness (QED) is 0.369. The lowest BCUT2D eigenvalue weighted by atomic mass is 10.1. The first-order valence-corrected chi connectivity index (χ1v) is 7.68. The van der Waals surface area contributed by atoms with Crippen molar-refractivity contribution in [3.8, 4) is 17.6 Å². The molecule has 1 aromatic rings. The van der Waals surface area contributed by atoms with Crippen molar-refractivity contribution in [2.45, 2.75) is 45.4 Å². The Hall–Kier alpha value is -1.13. The van der Waals surface area contributed by atoms with E-state index in [1.54, 1.807) is 0 Å². The van der Waals surface area contributed by atoms with Gasteiger partial charge in [-0.1, -0.05) is 56.6 Å². The van der Waals surface area contributed by atoms with Gasteiger partial charge < -0.3 is 4.74 Å². The summed E-state index contributed by atoms with van der Waals surface area (Å²) >= 11 is 5.62. The maximum atomic E-state index is 5.81. The molecule has 0 aromatic heterocycles. The first-order valence-electron chi connectivity index (χ1n) is 7.15. The Kier molecular flexibility index (Phi) is 9.02. The van der Waals surface area contributed by atoms with Crippen molar-refractivity contribution < 1.29 is 4.74 Å². The summed E-state index contributed by atoms with van der Waals surface area (Å²) in [7, 11) is 0. The number of hydrogen-bond acceptors (Lipinski definition) is 1. The number of alkyl halides is 1. The fraction of sp³-hybridized carbons (Fsp3) is 0.529. The third-order valence-corrected chi connectivity index (χ3v) is 3.02. The molecule has 0 amide bonds. The predicted molar refractivity (Wildman–Crippen MR) is 82.9 cm³/mol. The van der Waals surface area contributed by atoms with E-state index in [0.29, 0.717) is 12.3 Å². The van der Waals surface area contributed by atoms with Crippen LogP contribution in [0, 0.1) is 11.8 Å². The second-order valence-electron chi connectivity index (χ2n) is 4.50. The van der Waals surface area contributed by atoms with Crippen molar-refractivity contribution in [1.29, 1.82) is 0 Å². The molecule has 1 aromatic carbocycles. The second kappa shape index (κ2) is 10.8. The van der Waals surface area contributed by atoms with Gasteiger partial charge in [-0.05, 0) is 18.6 Å². The lowest BCUT2D eigenvalue weighted by Gasteiger charge is -2.07. The molecule has 0 bridgehead atoms. The number of benzene rings is 1. The van der Waals surface area contributed by atoms with Crippen LogP contribution >= 0.6 is 11.6 Å². The summed E-state index contributed by atoms with van der Waals surface area (Å²) in [4.78, 5) is 0. The normalized spacial score (nSPS) is 9.79. The molecule has 0 N–H and O–H groups in total. The molecular formula is C17H23ClO. The summed E-state index contributed by atoms with van der Waals surface area (Å²) < 4.78 is 5.81. The van der Waals surface area contributed by atoms with Gasteiger partial charge in [-0.2, -0.15) is 0 Å². The molecule has 0 aliphatic carbocycles. The van der Waals surface area contributed by atoms with Crippen LogP contribution < -0.4 is 4.74 Å². The number of hydrogen-bond donors (Lipinski definition) is 0. The van der Waals surface area contributed by atoms with E-state index in [1.165, 1.54) is 25.7 Å². The van der Waals surface area contributed by atoms with E-state index in [2.05, 4.69) is 18.8 Å². The third-order valence-electron chi connectivity index (χ3n) is 2.84. The average molecular weight is 279 g/mol. The lowest BCUT2D eigenvalue weighted by molar-refractivity contribution is 0.304. The van der Waals surface area contributed by atoms with Crippen LogP contribution in [0.15, 0.2) is 24.3 Å². The van der Waals surface area contributed by atoms with Crippen molar-refractivity contribution >= 4 is 11.6 Å². The van der Waals surface area contributed by atoms with Crippen LogP contribution in [0.25, 0.3) is 0 Å². The van der Waals surface area contributed by atoms with E-state index in [0.717, 1.165) is 24.3 Å². The maximum absolute atomic E-state index is 5.81. The van der Waals surface area contributed by atoms with E-state index in [-0.39, 0.29) is 0 Å². The molecule has 2 heteroatoms. The second-order valence-corrected chi connectivity index (χ2v) is 4.88. The fourth-order valence-corrected chi connectivity index (χ4v) is 1.88. The zero-order valence-corrected chi connectivity index (χ0v) is 12.5. The van der Waals surface area contributed by atoms with Gasteiger partial charge in [0, 0.05) is 12.3 Å². The molecule has 1 nitrogen and oxygen atoms in total. The molecule has 0 spiro atoms. The standard InChI is InChI=1S/C17H23ClO/c1-2-3-4-5-10-15-19-17-13-7-6-11-16(17)12-8-9-14-18/h6-7,11,13H,2-5,9-10,14-15H2,1H3. The van der Waals surface area contributed by atoms with Crippen LogP contribution in [-0.4, -0.2) is 12.5 Å². The topological polar surface area (TPSA) is 9.23 Å². The summed E-state index contributed by atoms with van der Waals surface area (Å²) in [5.74, 6) is 7.63. The molecule has 0 radical (unpaired) electrons. The van der Waals surface area contributed by atoms with Crippen molar-refractivity contribution in [2.75, 3.05) is 12.5 Å². The van der Waals surface area contributed by atoms with Gasteiger partial charge in [0.1, 0.15) is 5.75 Å². The molecule has 0 saturated carbocycles. The minimum atomic E-state index is 0.577. The Morgan fingerprint density at radius 1 is 1.11 bits per heavy atom. The van der Waals surface area contributed by atoms with Crippen molar-refractivity contribution in [3.05, 3.63) is 29.8 Å². The largest absolute Gasteiger partial charge is 0.492 e. The number of ether oxygens (including phenoxy) is 1. The van der Waals surface area contributed by atoms with Crippen LogP contribution in [0.5, 0.6) is 5.75 Å². The lowest BCUT2D eigenvalue weighted by Crippen LogP contribution is -1.99. The molecule has 0 aliphatic rings. The highest BCUT2D eigenvalue weighted by atomic mass is 35.5. The SMILES string of the molecule is CCCCCCCOc1ccccc1C#CCCCl. The zero-order valence-electron chi connectivity index (χ0n) is 11.8. The van der Waals surface area contributed by atoms with Crippen LogP contribution in [-0.2, 0) is 0 Å².